The van der Waals surface area contributed by atoms with Crippen LogP contribution in [0.15, 0.2) is 30.3 Å². The Balaban J connectivity index is 1.30. The van der Waals surface area contributed by atoms with E-state index in [1.807, 2.05) is 13.0 Å². The first-order chi connectivity index (χ1) is 16.0. The van der Waals surface area contributed by atoms with E-state index in [0.29, 0.717) is 18.1 Å². The molecule has 0 aromatic heterocycles. The van der Waals surface area contributed by atoms with E-state index >= 15 is 0 Å². The normalized spacial score (nSPS) is 25.7. The number of hydrogen-bond acceptors (Lipinski definition) is 2. The number of benzene rings is 2. The van der Waals surface area contributed by atoms with Crippen molar-refractivity contribution < 1.29 is 22.6 Å². The Bertz CT molecular complexity index is 929. The van der Waals surface area contributed by atoms with Crippen LogP contribution in [0.4, 0.5) is 13.2 Å². The van der Waals surface area contributed by atoms with E-state index in [4.69, 9.17) is 9.47 Å². The SMILES string of the molecule is CCOc1ccc(C2CCC(OCc3ccc(C4CCC(C)CC4)c(F)c3F)CC2)cc1F. The fourth-order valence-corrected chi connectivity index (χ4v) is 5.42. The van der Waals surface area contributed by atoms with Gasteiger partial charge in [0, 0.05) is 5.56 Å². The molecule has 0 bridgehead atoms. The van der Waals surface area contributed by atoms with Gasteiger partial charge < -0.3 is 9.47 Å². The monoisotopic (exact) mass is 460 g/mol. The summed E-state index contributed by atoms with van der Waals surface area (Å²) < 4.78 is 55.0. The number of hydrogen-bond donors (Lipinski definition) is 0. The van der Waals surface area contributed by atoms with Gasteiger partial charge in [-0.2, -0.15) is 0 Å². The van der Waals surface area contributed by atoms with Gasteiger partial charge in [-0.1, -0.05) is 38.0 Å². The van der Waals surface area contributed by atoms with Crippen molar-refractivity contribution in [2.45, 2.75) is 89.8 Å². The van der Waals surface area contributed by atoms with Crippen LogP contribution < -0.4 is 4.74 Å². The van der Waals surface area contributed by atoms with Crippen LogP contribution >= 0.6 is 0 Å². The molecule has 2 nitrogen and oxygen atoms in total. The molecule has 0 radical (unpaired) electrons. The van der Waals surface area contributed by atoms with Gasteiger partial charge in [0.25, 0.3) is 0 Å². The number of ether oxygens (including phenoxy) is 2. The van der Waals surface area contributed by atoms with E-state index in [9.17, 15) is 13.2 Å². The molecule has 0 atom stereocenters. The predicted molar refractivity (Wildman–Crippen MR) is 124 cm³/mol. The molecular formula is C28H35F3O2. The zero-order valence-corrected chi connectivity index (χ0v) is 19.7. The summed E-state index contributed by atoms with van der Waals surface area (Å²) in [6.45, 7) is 4.57. The molecule has 2 aliphatic carbocycles. The van der Waals surface area contributed by atoms with Gasteiger partial charge in [-0.3, -0.25) is 0 Å². The van der Waals surface area contributed by atoms with E-state index in [2.05, 4.69) is 6.92 Å². The summed E-state index contributed by atoms with van der Waals surface area (Å²) in [6.07, 6.45) is 7.41. The second kappa shape index (κ2) is 10.9. The van der Waals surface area contributed by atoms with Crippen LogP contribution in [0.25, 0.3) is 0 Å². The molecule has 0 heterocycles. The van der Waals surface area contributed by atoms with Gasteiger partial charge in [-0.25, -0.2) is 13.2 Å². The smallest absolute Gasteiger partial charge is 0.165 e. The average Bonchev–Trinajstić information content (AvgIpc) is 2.82. The molecule has 2 aromatic carbocycles. The summed E-state index contributed by atoms with van der Waals surface area (Å²) in [7, 11) is 0. The minimum atomic E-state index is -0.760. The molecule has 2 aromatic rings. The summed E-state index contributed by atoms with van der Waals surface area (Å²) in [5.74, 6) is -0.421. The summed E-state index contributed by atoms with van der Waals surface area (Å²) in [5.41, 5.74) is 1.79. The lowest BCUT2D eigenvalue weighted by Crippen LogP contribution is -2.21. The molecule has 0 unspecified atom stereocenters. The lowest BCUT2D eigenvalue weighted by molar-refractivity contribution is 0.0118. The molecule has 2 saturated carbocycles. The van der Waals surface area contributed by atoms with E-state index in [1.54, 1.807) is 24.3 Å². The molecule has 0 amide bonds. The maximum atomic E-state index is 14.8. The van der Waals surface area contributed by atoms with E-state index in [-0.39, 0.29) is 41.7 Å². The standard InChI is InChI=1S/C28H35F3O2/c1-3-32-26-15-11-21(16-25(26)29)19-8-12-23(13-9-19)33-17-22-10-14-24(28(31)27(22)30)20-6-4-18(2)5-7-20/h10-11,14-16,18-20,23H,3-9,12-13,17H2,1-2H3. The zero-order valence-electron chi connectivity index (χ0n) is 19.7. The number of halogens is 3. The van der Waals surface area contributed by atoms with Crippen LogP contribution in [-0.2, 0) is 11.3 Å². The lowest BCUT2D eigenvalue weighted by atomic mass is 9.79. The van der Waals surface area contributed by atoms with Crippen molar-refractivity contribution in [1.82, 2.24) is 0 Å². The van der Waals surface area contributed by atoms with E-state index < -0.39 is 11.6 Å². The minimum absolute atomic E-state index is 0.00997. The molecule has 2 fully saturated rings. The molecule has 4 rings (SSSR count). The van der Waals surface area contributed by atoms with Gasteiger partial charge in [0.2, 0.25) is 0 Å². The molecule has 0 aliphatic heterocycles. The molecule has 0 N–H and O–H groups in total. The highest BCUT2D eigenvalue weighted by Gasteiger charge is 2.26. The maximum Gasteiger partial charge on any atom is 0.165 e. The van der Waals surface area contributed by atoms with Crippen molar-refractivity contribution >= 4 is 0 Å². The van der Waals surface area contributed by atoms with Crippen molar-refractivity contribution in [2.24, 2.45) is 5.92 Å². The van der Waals surface area contributed by atoms with Crippen molar-refractivity contribution in [2.75, 3.05) is 6.61 Å². The van der Waals surface area contributed by atoms with Crippen LogP contribution in [0, 0.1) is 23.4 Å². The Morgan fingerprint density at radius 2 is 1.52 bits per heavy atom. The molecule has 5 heteroatoms. The maximum absolute atomic E-state index is 14.8. The second-order valence-corrected chi connectivity index (χ2v) is 9.81. The Morgan fingerprint density at radius 3 is 2.18 bits per heavy atom. The first-order valence-electron chi connectivity index (χ1n) is 12.5. The summed E-state index contributed by atoms with van der Waals surface area (Å²) in [5, 5.41) is 0. The van der Waals surface area contributed by atoms with Gasteiger partial charge >= 0.3 is 0 Å². The van der Waals surface area contributed by atoms with Gasteiger partial charge in [0.15, 0.2) is 23.2 Å². The van der Waals surface area contributed by atoms with E-state index in [0.717, 1.165) is 56.9 Å². The fourth-order valence-electron chi connectivity index (χ4n) is 5.42. The highest BCUT2D eigenvalue weighted by molar-refractivity contribution is 5.32. The quantitative estimate of drug-likeness (QED) is 0.416. The second-order valence-electron chi connectivity index (χ2n) is 9.81. The molecule has 0 saturated heterocycles. The fraction of sp³-hybridized carbons (Fsp3) is 0.571. The molecule has 33 heavy (non-hydrogen) atoms. The average molecular weight is 461 g/mol. The Hall–Kier alpha value is -2.01. The van der Waals surface area contributed by atoms with Crippen LogP contribution in [0.2, 0.25) is 0 Å². The summed E-state index contributed by atoms with van der Waals surface area (Å²) in [4.78, 5) is 0. The van der Waals surface area contributed by atoms with Crippen molar-refractivity contribution in [1.29, 1.82) is 0 Å². The van der Waals surface area contributed by atoms with Crippen LogP contribution in [0.1, 0.15) is 93.7 Å². The lowest BCUT2D eigenvalue weighted by Gasteiger charge is -2.29. The highest BCUT2D eigenvalue weighted by Crippen LogP contribution is 2.38. The highest BCUT2D eigenvalue weighted by atomic mass is 19.2. The minimum Gasteiger partial charge on any atom is -0.491 e. The van der Waals surface area contributed by atoms with Crippen molar-refractivity contribution in [3.8, 4) is 5.75 Å². The largest absolute Gasteiger partial charge is 0.491 e. The Morgan fingerprint density at radius 1 is 0.818 bits per heavy atom. The van der Waals surface area contributed by atoms with Crippen molar-refractivity contribution in [3.05, 3.63) is 64.5 Å². The molecular weight excluding hydrogens is 425 g/mol. The van der Waals surface area contributed by atoms with E-state index in [1.165, 1.54) is 0 Å². The van der Waals surface area contributed by atoms with Gasteiger partial charge in [-0.15, -0.1) is 0 Å². The molecule has 2 aliphatic rings. The van der Waals surface area contributed by atoms with Crippen molar-refractivity contribution in [3.63, 3.8) is 0 Å². The van der Waals surface area contributed by atoms with Gasteiger partial charge in [0.05, 0.1) is 19.3 Å². The summed E-state index contributed by atoms with van der Waals surface area (Å²) >= 11 is 0. The Labute approximate surface area is 195 Å². The Kier molecular flexibility index (Phi) is 8.00. The first-order valence-corrected chi connectivity index (χ1v) is 12.5. The zero-order chi connectivity index (χ0) is 23.4. The van der Waals surface area contributed by atoms with Crippen LogP contribution in [0.3, 0.4) is 0 Å². The van der Waals surface area contributed by atoms with Crippen LogP contribution in [-0.4, -0.2) is 12.7 Å². The summed E-state index contributed by atoms with van der Waals surface area (Å²) in [6, 6.07) is 8.66. The predicted octanol–water partition coefficient (Wildman–Crippen LogP) is 8.04. The topological polar surface area (TPSA) is 18.5 Å². The molecule has 0 spiro atoms. The third-order valence-electron chi connectivity index (χ3n) is 7.52. The molecule has 180 valence electrons. The number of rotatable bonds is 7. The van der Waals surface area contributed by atoms with Gasteiger partial charge in [0.1, 0.15) is 0 Å². The third kappa shape index (κ3) is 5.74. The first kappa shape index (κ1) is 24.1. The third-order valence-corrected chi connectivity index (χ3v) is 7.52. The van der Waals surface area contributed by atoms with Crippen LogP contribution in [0.5, 0.6) is 5.75 Å². The van der Waals surface area contributed by atoms with Gasteiger partial charge in [-0.05, 0) is 86.5 Å².